The normalized spacial score (nSPS) is 38.6. The fourth-order valence-electron chi connectivity index (χ4n) is 11.0. The minimum absolute atomic E-state index is 0.0599. The lowest BCUT2D eigenvalue weighted by atomic mass is 9.43. The molecule has 1 aromatic rings. The number of hydrogen-bond donors (Lipinski definition) is 4. The molecule has 252 valence electrons. The molecule has 7 nitrogen and oxygen atoms in total. The predicted octanol–water partition coefficient (Wildman–Crippen LogP) is 5.17. The lowest BCUT2D eigenvalue weighted by molar-refractivity contribution is -0.174. The van der Waals surface area contributed by atoms with Crippen molar-refractivity contribution in [2.45, 2.75) is 130 Å². The highest BCUT2D eigenvalue weighted by molar-refractivity contribution is 6.58. The van der Waals surface area contributed by atoms with E-state index in [2.05, 4.69) is 20.8 Å². The lowest BCUT2D eigenvalue weighted by Crippen LogP contribution is -2.58. The van der Waals surface area contributed by atoms with Gasteiger partial charge in [0.25, 0.3) is 0 Å². The van der Waals surface area contributed by atoms with E-state index in [0.717, 1.165) is 44.9 Å². The SMILES string of the molecule is CC.C[C@H](CCC(=O)N1CCC(Oc2ccc(B(O)O)cc2)CC1)C1CCC2C3C(CC[C@@]21C)[C@@]1(C)CC[C@@H](O)CC1C[C@@H]3O. The maximum absolute atomic E-state index is 13.3. The molecule has 1 amide bonds. The van der Waals surface area contributed by atoms with Gasteiger partial charge in [-0.3, -0.25) is 4.79 Å². The number of aliphatic hydroxyl groups is 2. The van der Waals surface area contributed by atoms with E-state index in [1.54, 1.807) is 24.3 Å². The number of aliphatic hydroxyl groups excluding tert-OH is 2. The van der Waals surface area contributed by atoms with Crippen LogP contribution >= 0.6 is 0 Å². The zero-order valence-electron chi connectivity index (χ0n) is 28.5. The van der Waals surface area contributed by atoms with Crippen molar-refractivity contribution in [1.82, 2.24) is 4.90 Å². The van der Waals surface area contributed by atoms with Crippen LogP contribution in [0.15, 0.2) is 24.3 Å². The molecule has 1 aliphatic heterocycles. The highest BCUT2D eigenvalue weighted by Gasteiger charge is 2.62. The second kappa shape index (κ2) is 14.3. The number of carbonyl (C=O) groups is 1. The van der Waals surface area contributed by atoms with Crippen LogP contribution in [0.5, 0.6) is 5.75 Å². The maximum atomic E-state index is 13.3. The third-order valence-corrected chi connectivity index (χ3v) is 13.5. The molecule has 1 saturated heterocycles. The molecule has 10 atom stereocenters. The van der Waals surface area contributed by atoms with E-state index in [-0.39, 0.29) is 35.0 Å². The van der Waals surface area contributed by atoms with Crippen molar-refractivity contribution in [2.24, 2.45) is 46.3 Å². The number of rotatable bonds is 7. The smallest absolute Gasteiger partial charge is 0.488 e. The molecule has 1 aromatic carbocycles. The third kappa shape index (κ3) is 6.86. The molecule has 0 spiro atoms. The molecule has 6 rings (SSSR count). The molecule has 0 radical (unpaired) electrons. The number of benzene rings is 1. The summed E-state index contributed by atoms with van der Waals surface area (Å²) < 4.78 is 6.10. The molecule has 4 saturated carbocycles. The zero-order valence-corrected chi connectivity index (χ0v) is 28.5. The molecule has 8 heteroatoms. The summed E-state index contributed by atoms with van der Waals surface area (Å²) in [5.74, 6) is 4.05. The average Bonchev–Trinajstić information content (AvgIpc) is 3.39. The first-order chi connectivity index (χ1) is 21.5. The summed E-state index contributed by atoms with van der Waals surface area (Å²) in [5.41, 5.74) is 0.940. The molecule has 4 N–H and O–H groups in total. The first-order valence-corrected chi connectivity index (χ1v) is 18.3. The second-order valence-corrected chi connectivity index (χ2v) is 15.6. The third-order valence-electron chi connectivity index (χ3n) is 13.5. The Morgan fingerprint density at radius 1 is 0.933 bits per heavy atom. The fraction of sp³-hybridized carbons (Fsp3) is 0.811. The van der Waals surface area contributed by atoms with E-state index >= 15 is 0 Å². The Morgan fingerprint density at radius 2 is 1.58 bits per heavy atom. The topological polar surface area (TPSA) is 110 Å². The summed E-state index contributed by atoms with van der Waals surface area (Å²) in [5, 5.41) is 40.5. The molecular weight excluding hydrogens is 565 g/mol. The summed E-state index contributed by atoms with van der Waals surface area (Å²) in [6.45, 7) is 12.8. The monoisotopic (exact) mass is 625 g/mol. The molecular formula is C37H60BNO6. The van der Waals surface area contributed by atoms with E-state index in [4.69, 9.17) is 4.74 Å². The van der Waals surface area contributed by atoms with Crippen molar-refractivity contribution in [3.8, 4) is 5.75 Å². The number of likely N-dealkylation sites (tertiary alicyclic amines) is 1. The van der Waals surface area contributed by atoms with Crippen LogP contribution in [0.1, 0.15) is 112 Å². The standard InChI is InChI=1S/C35H54BNO6.C2H6/c1-22(4-11-32(40)37-18-14-27(15-19-37)43-26-7-5-24(6-8-26)36(41)42)28-9-10-29-33-30(13-17-35(28,29)3)34(2)16-12-25(38)20-23(34)21-31(33)39;1-2/h5-8,22-23,25,27-31,33,38-39,41-42H,4,9-21H2,1-3H3;1-2H3/t22-,23?,25-,28?,29?,30?,31+,33?,34+,35-;/m1./s1. The molecule has 0 bridgehead atoms. The van der Waals surface area contributed by atoms with Crippen LogP contribution in [0, 0.1) is 46.3 Å². The molecule has 5 aliphatic rings. The Bertz CT molecular complexity index is 1120. The van der Waals surface area contributed by atoms with Gasteiger partial charge in [-0.15, -0.1) is 0 Å². The van der Waals surface area contributed by atoms with Gasteiger partial charge in [-0.05, 0) is 122 Å². The van der Waals surface area contributed by atoms with Crippen LogP contribution in [0.4, 0.5) is 0 Å². The lowest BCUT2D eigenvalue weighted by Gasteiger charge is -2.62. The summed E-state index contributed by atoms with van der Waals surface area (Å²) >= 11 is 0. The summed E-state index contributed by atoms with van der Waals surface area (Å²) in [4.78, 5) is 15.3. The van der Waals surface area contributed by atoms with Gasteiger partial charge < -0.3 is 29.9 Å². The number of carbonyl (C=O) groups excluding carboxylic acids is 1. The molecule has 5 fully saturated rings. The van der Waals surface area contributed by atoms with Gasteiger partial charge in [0.2, 0.25) is 5.91 Å². The predicted molar refractivity (Wildman–Crippen MR) is 179 cm³/mol. The Kier molecular flexibility index (Phi) is 11.0. The van der Waals surface area contributed by atoms with Crippen molar-refractivity contribution in [3.63, 3.8) is 0 Å². The maximum Gasteiger partial charge on any atom is 0.488 e. The van der Waals surface area contributed by atoms with E-state index in [1.807, 2.05) is 18.7 Å². The van der Waals surface area contributed by atoms with Gasteiger partial charge in [0.1, 0.15) is 11.9 Å². The van der Waals surface area contributed by atoms with Crippen LogP contribution < -0.4 is 10.2 Å². The van der Waals surface area contributed by atoms with E-state index in [1.165, 1.54) is 25.7 Å². The van der Waals surface area contributed by atoms with Gasteiger partial charge in [0.15, 0.2) is 0 Å². The van der Waals surface area contributed by atoms with Crippen molar-refractivity contribution >= 4 is 18.5 Å². The highest BCUT2D eigenvalue weighted by Crippen LogP contribution is 2.68. The largest absolute Gasteiger partial charge is 0.490 e. The summed E-state index contributed by atoms with van der Waals surface area (Å²) in [6.07, 6.45) is 11.4. The molecule has 4 aliphatic carbocycles. The Labute approximate surface area is 272 Å². The zero-order chi connectivity index (χ0) is 32.5. The Balaban J connectivity index is 0.00000196. The van der Waals surface area contributed by atoms with Crippen molar-refractivity contribution in [1.29, 1.82) is 0 Å². The average molecular weight is 626 g/mol. The summed E-state index contributed by atoms with van der Waals surface area (Å²) in [6, 6.07) is 6.85. The van der Waals surface area contributed by atoms with Gasteiger partial charge >= 0.3 is 7.12 Å². The first kappa shape index (κ1) is 34.7. The fourth-order valence-corrected chi connectivity index (χ4v) is 11.0. The van der Waals surface area contributed by atoms with E-state index in [9.17, 15) is 25.1 Å². The second-order valence-electron chi connectivity index (χ2n) is 15.6. The van der Waals surface area contributed by atoms with Crippen LogP contribution in [-0.4, -0.2) is 69.6 Å². The van der Waals surface area contributed by atoms with Crippen molar-refractivity contribution < 1.29 is 29.8 Å². The van der Waals surface area contributed by atoms with E-state index < -0.39 is 7.12 Å². The minimum atomic E-state index is -1.48. The molecule has 45 heavy (non-hydrogen) atoms. The van der Waals surface area contributed by atoms with Crippen molar-refractivity contribution in [2.75, 3.05) is 13.1 Å². The molecule has 5 unspecified atom stereocenters. The van der Waals surface area contributed by atoms with Gasteiger partial charge in [-0.2, -0.15) is 0 Å². The highest BCUT2D eigenvalue weighted by atomic mass is 16.5. The number of amides is 1. The number of hydrogen-bond acceptors (Lipinski definition) is 6. The first-order valence-electron chi connectivity index (χ1n) is 18.3. The van der Waals surface area contributed by atoms with E-state index in [0.29, 0.717) is 66.2 Å². The molecule has 1 heterocycles. The van der Waals surface area contributed by atoms with Gasteiger partial charge in [0, 0.05) is 32.4 Å². The van der Waals surface area contributed by atoms with Gasteiger partial charge in [-0.25, -0.2) is 0 Å². The number of fused-ring (bicyclic) bond motifs is 5. The van der Waals surface area contributed by atoms with Gasteiger partial charge in [0.05, 0.1) is 12.2 Å². The number of nitrogens with zero attached hydrogens (tertiary/aromatic N) is 1. The number of piperidine rings is 1. The minimum Gasteiger partial charge on any atom is -0.490 e. The Hall–Kier alpha value is -1.61. The van der Waals surface area contributed by atoms with Gasteiger partial charge in [-0.1, -0.05) is 46.8 Å². The van der Waals surface area contributed by atoms with Crippen molar-refractivity contribution in [3.05, 3.63) is 24.3 Å². The van der Waals surface area contributed by atoms with Crippen LogP contribution in [0.3, 0.4) is 0 Å². The Morgan fingerprint density at radius 3 is 2.24 bits per heavy atom. The van der Waals surface area contributed by atoms with Crippen LogP contribution in [-0.2, 0) is 4.79 Å². The number of ether oxygens (including phenoxy) is 1. The quantitative estimate of drug-likeness (QED) is 0.312. The summed E-state index contributed by atoms with van der Waals surface area (Å²) in [7, 11) is -1.48. The van der Waals surface area contributed by atoms with Crippen LogP contribution in [0.2, 0.25) is 0 Å². The molecule has 0 aromatic heterocycles. The van der Waals surface area contributed by atoms with Crippen LogP contribution in [0.25, 0.3) is 0 Å².